The fraction of sp³-hybridized carbons (Fsp3) is 0.133. The van der Waals surface area contributed by atoms with Gasteiger partial charge in [0, 0.05) is 15.7 Å². The number of halogens is 2. The lowest BCUT2D eigenvalue weighted by Crippen LogP contribution is -2.13. The minimum absolute atomic E-state index is 0.353. The van der Waals surface area contributed by atoms with Gasteiger partial charge in [-0.25, -0.2) is 0 Å². The SMILES string of the molecule is Cc1cc(Cl)cc(C)c1Nc1ccc(Cl)cc1C(N)=O. The van der Waals surface area contributed by atoms with Crippen LogP contribution in [-0.2, 0) is 0 Å². The summed E-state index contributed by atoms with van der Waals surface area (Å²) >= 11 is 11.9. The molecule has 0 aliphatic heterocycles. The highest BCUT2D eigenvalue weighted by molar-refractivity contribution is 6.31. The van der Waals surface area contributed by atoms with Gasteiger partial charge in [-0.1, -0.05) is 23.2 Å². The van der Waals surface area contributed by atoms with Crippen molar-refractivity contribution < 1.29 is 4.79 Å². The number of rotatable bonds is 3. The van der Waals surface area contributed by atoms with Gasteiger partial charge in [-0.2, -0.15) is 0 Å². The molecule has 0 unspecified atom stereocenters. The number of hydrogen-bond acceptors (Lipinski definition) is 2. The molecular formula is C15H14Cl2N2O. The number of amides is 1. The molecule has 0 fully saturated rings. The van der Waals surface area contributed by atoms with Crippen LogP contribution >= 0.6 is 23.2 Å². The predicted octanol–water partition coefficient (Wildman–Crippen LogP) is 4.45. The van der Waals surface area contributed by atoms with Crippen LogP contribution in [0, 0.1) is 13.8 Å². The lowest BCUT2D eigenvalue weighted by atomic mass is 10.1. The third-order valence-corrected chi connectivity index (χ3v) is 3.46. The monoisotopic (exact) mass is 308 g/mol. The summed E-state index contributed by atoms with van der Waals surface area (Å²) in [6, 6.07) is 8.70. The molecule has 5 heteroatoms. The van der Waals surface area contributed by atoms with Gasteiger partial charge >= 0.3 is 0 Å². The number of carbonyl (C=O) groups excluding carboxylic acids is 1. The highest BCUT2D eigenvalue weighted by Gasteiger charge is 2.11. The first-order valence-electron chi connectivity index (χ1n) is 6.01. The molecule has 0 saturated carbocycles. The Labute approximate surface area is 127 Å². The van der Waals surface area contributed by atoms with E-state index in [0.29, 0.717) is 21.3 Å². The highest BCUT2D eigenvalue weighted by Crippen LogP contribution is 2.30. The van der Waals surface area contributed by atoms with Crippen molar-refractivity contribution in [2.75, 3.05) is 5.32 Å². The number of hydrogen-bond donors (Lipinski definition) is 2. The Kier molecular flexibility index (Phi) is 4.21. The molecule has 0 atom stereocenters. The smallest absolute Gasteiger partial charge is 0.250 e. The Morgan fingerprint density at radius 1 is 1.05 bits per heavy atom. The standard InChI is InChI=1S/C15H14Cl2N2O/c1-8-5-11(17)6-9(2)14(8)19-13-4-3-10(16)7-12(13)15(18)20/h3-7,19H,1-2H3,(H2,18,20). The highest BCUT2D eigenvalue weighted by atomic mass is 35.5. The average molecular weight is 309 g/mol. The number of aryl methyl sites for hydroxylation is 2. The molecule has 0 bridgehead atoms. The molecule has 3 nitrogen and oxygen atoms in total. The quantitative estimate of drug-likeness (QED) is 0.880. The Morgan fingerprint density at radius 3 is 2.20 bits per heavy atom. The molecule has 3 N–H and O–H groups in total. The van der Waals surface area contributed by atoms with Crippen molar-refractivity contribution in [1.82, 2.24) is 0 Å². The van der Waals surface area contributed by atoms with E-state index in [4.69, 9.17) is 28.9 Å². The van der Waals surface area contributed by atoms with Crippen molar-refractivity contribution in [2.45, 2.75) is 13.8 Å². The van der Waals surface area contributed by atoms with Crippen LogP contribution in [0.1, 0.15) is 21.5 Å². The van der Waals surface area contributed by atoms with Gasteiger partial charge in [-0.15, -0.1) is 0 Å². The Balaban J connectivity index is 2.48. The van der Waals surface area contributed by atoms with Crippen molar-refractivity contribution in [1.29, 1.82) is 0 Å². The zero-order valence-electron chi connectivity index (χ0n) is 11.1. The number of primary amides is 1. The van der Waals surface area contributed by atoms with Crippen LogP contribution in [-0.4, -0.2) is 5.91 Å². The van der Waals surface area contributed by atoms with E-state index in [-0.39, 0.29) is 0 Å². The maximum Gasteiger partial charge on any atom is 0.250 e. The lowest BCUT2D eigenvalue weighted by molar-refractivity contribution is 0.100. The van der Waals surface area contributed by atoms with Crippen LogP contribution in [0.2, 0.25) is 10.0 Å². The first kappa shape index (κ1) is 14.7. The van der Waals surface area contributed by atoms with Crippen LogP contribution in [0.4, 0.5) is 11.4 Å². The van der Waals surface area contributed by atoms with Crippen molar-refractivity contribution in [2.24, 2.45) is 5.73 Å². The number of nitrogens with two attached hydrogens (primary N) is 1. The van der Waals surface area contributed by atoms with Gasteiger partial charge in [0.2, 0.25) is 0 Å². The maximum absolute atomic E-state index is 11.5. The van der Waals surface area contributed by atoms with Gasteiger partial charge in [0.05, 0.1) is 11.3 Å². The van der Waals surface area contributed by atoms with Crippen LogP contribution in [0.15, 0.2) is 30.3 Å². The third kappa shape index (κ3) is 3.06. The minimum atomic E-state index is -0.528. The summed E-state index contributed by atoms with van der Waals surface area (Å²) < 4.78 is 0. The molecular weight excluding hydrogens is 295 g/mol. The third-order valence-electron chi connectivity index (χ3n) is 3.00. The number of carbonyl (C=O) groups is 1. The second-order valence-electron chi connectivity index (χ2n) is 4.59. The molecule has 0 heterocycles. The van der Waals surface area contributed by atoms with E-state index in [1.54, 1.807) is 18.2 Å². The van der Waals surface area contributed by atoms with Gasteiger partial charge in [0.25, 0.3) is 5.91 Å². The molecule has 0 saturated heterocycles. The Bertz CT molecular complexity index is 661. The zero-order chi connectivity index (χ0) is 14.9. The first-order chi connectivity index (χ1) is 9.38. The summed E-state index contributed by atoms with van der Waals surface area (Å²) in [7, 11) is 0. The molecule has 2 aromatic carbocycles. The van der Waals surface area contributed by atoms with Crippen molar-refractivity contribution in [3.63, 3.8) is 0 Å². The van der Waals surface area contributed by atoms with Crippen molar-refractivity contribution in [3.05, 3.63) is 57.1 Å². The summed E-state index contributed by atoms with van der Waals surface area (Å²) in [5, 5.41) is 4.37. The van der Waals surface area contributed by atoms with Crippen LogP contribution < -0.4 is 11.1 Å². The van der Waals surface area contributed by atoms with Crippen LogP contribution in [0.25, 0.3) is 0 Å². The zero-order valence-corrected chi connectivity index (χ0v) is 12.6. The second kappa shape index (κ2) is 5.73. The number of benzene rings is 2. The molecule has 0 aliphatic rings. The largest absolute Gasteiger partial charge is 0.366 e. The average Bonchev–Trinajstić information content (AvgIpc) is 2.34. The summed E-state index contributed by atoms with van der Waals surface area (Å²) in [6.07, 6.45) is 0. The number of anilines is 2. The lowest BCUT2D eigenvalue weighted by Gasteiger charge is -2.15. The van der Waals surface area contributed by atoms with Gasteiger partial charge in [-0.05, 0) is 55.3 Å². The van der Waals surface area contributed by atoms with Crippen molar-refractivity contribution >= 4 is 40.5 Å². The molecule has 104 valence electrons. The summed E-state index contributed by atoms with van der Waals surface area (Å²) in [4.78, 5) is 11.5. The maximum atomic E-state index is 11.5. The predicted molar refractivity (Wildman–Crippen MR) is 84.2 cm³/mol. The molecule has 0 spiro atoms. The van der Waals surface area contributed by atoms with Gasteiger partial charge in [0.1, 0.15) is 0 Å². The first-order valence-corrected chi connectivity index (χ1v) is 6.77. The molecule has 2 aromatic rings. The Morgan fingerprint density at radius 2 is 1.65 bits per heavy atom. The number of nitrogens with one attached hydrogen (secondary N) is 1. The molecule has 0 aliphatic carbocycles. The van der Waals surface area contributed by atoms with Gasteiger partial charge in [0.15, 0.2) is 0 Å². The molecule has 20 heavy (non-hydrogen) atoms. The van der Waals surface area contributed by atoms with Gasteiger partial charge in [-0.3, -0.25) is 4.79 Å². The molecule has 0 radical (unpaired) electrons. The second-order valence-corrected chi connectivity index (χ2v) is 5.47. The molecule has 1 amide bonds. The summed E-state index contributed by atoms with van der Waals surface area (Å²) in [5.74, 6) is -0.528. The van der Waals surface area contributed by atoms with E-state index in [1.807, 2.05) is 26.0 Å². The summed E-state index contributed by atoms with van der Waals surface area (Å²) in [6.45, 7) is 3.89. The fourth-order valence-electron chi connectivity index (χ4n) is 2.07. The topological polar surface area (TPSA) is 55.1 Å². The van der Waals surface area contributed by atoms with Crippen LogP contribution in [0.3, 0.4) is 0 Å². The van der Waals surface area contributed by atoms with E-state index in [2.05, 4.69) is 5.32 Å². The Hall–Kier alpha value is -1.71. The fourth-order valence-corrected chi connectivity index (χ4v) is 2.57. The molecule has 2 rings (SSSR count). The van der Waals surface area contributed by atoms with Crippen molar-refractivity contribution in [3.8, 4) is 0 Å². The van der Waals surface area contributed by atoms with E-state index in [0.717, 1.165) is 16.8 Å². The van der Waals surface area contributed by atoms with E-state index < -0.39 is 5.91 Å². The summed E-state index contributed by atoms with van der Waals surface area (Å²) in [5.41, 5.74) is 9.23. The van der Waals surface area contributed by atoms with E-state index in [9.17, 15) is 4.79 Å². The van der Waals surface area contributed by atoms with Gasteiger partial charge < -0.3 is 11.1 Å². The van der Waals surface area contributed by atoms with E-state index >= 15 is 0 Å². The normalized spacial score (nSPS) is 10.4. The minimum Gasteiger partial charge on any atom is -0.366 e. The molecule has 0 aromatic heterocycles. The van der Waals surface area contributed by atoms with Crippen LogP contribution in [0.5, 0.6) is 0 Å². The van der Waals surface area contributed by atoms with E-state index in [1.165, 1.54) is 0 Å².